The second-order valence-corrected chi connectivity index (χ2v) is 6.81. The molecule has 0 radical (unpaired) electrons. The van der Waals surface area contributed by atoms with E-state index in [0.29, 0.717) is 5.56 Å². The van der Waals surface area contributed by atoms with Crippen LogP contribution in [0.4, 0.5) is 0 Å². The van der Waals surface area contributed by atoms with E-state index in [-0.39, 0.29) is 19.1 Å². The molecule has 1 aromatic heterocycles. The molecule has 0 unspecified atom stereocenters. The van der Waals surface area contributed by atoms with Crippen LogP contribution < -0.4 is 5.32 Å². The number of rotatable bonds is 5. The molecule has 25 heavy (non-hydrogen) atoms. The van der Waals surface area contributed by atoms with Crippen LogP contribution in [-0.2, 0) is 16.1 Å². The number of amides is 1. The highest BCUT2D eigenvalue weighted by molar-refractivity contribution is 7.17. The third kappa shape index (κ3) is 4.06. The van der Waals surface area contributed by atoms with Crippen molar-refractivity contribution in [2.24, 2.45) is 0 Å². The smallest absolute Gasteiger partial charge is 0.325 e. The first-order valence-electron chi connectivity index (χ1n) is 8.01. The normalized spacial score (nSPS) is 10.6. The Kier molecular flexibility index (Phi) is 5.14. The molecule has 0 aliphatic heterocycles. The summed E-state index contributed by atoms with van der Waals surface area (Å²) in [6, 6.07) is 13.4. The van der Waals surface area contributed by atoms with Crippen molar-refractivity contribution in [3.63, 3.8) is 0 Å². The van der Waals surface area contributed by atoms with Crippen molar-refractivity contribution < 1.29 is 14.3 Å². The summed E-state index contributed by atoms with van der Waals surface area (Å²) in [6.07, 6.45) is 0. The van der Waals surface area contributed by atoms with Gasteiger partial charge in [-0.3, -0.25) is 9.59 Å². The molecule has 1 N–H and O–H groups in total. The van der Waals surface area contributed by atoms with E-state index in [9.17, 15) is 9.59 Å². The van der Waals surface area contributed by atoms with Gasteiger partial charge in [-0.25, -0.2) is 0 Å². The van der Waals surface area contributed by atoms with Crippen LogP contribution in [0.3, 0.4) is 0 Å². The van der Waals surface area contributed by atoms with E-state index in [1.165, 1.54) is 0 Å². The number of thiophene rings is 1. The van der Waals surface area contributed by atoms with Gasteiger partial charge < -0.3 is 10.1 Å². The lowest BCUT2D eigenvalue weighted by molar-refractivity contribution is -0.143. The van der Waals surface area contributed by atoms with E-state index < -0.39 is 5.97 Å². The van der Waals surface area contributed by atoms with Crippen molar-refractivity contribution in [2.45, 2.75) is 20.5 Å². The molecule has 1 heterocycles. The summed E-state index contributed by atoms with van der Waals surface area (Å²) >= 11 is 1.62. The SMILES string of the molecule is Cc1ccc(C(=O)NCC(=O)OCc2csc3ccccc23)cc1C. The van der Waals surface area contributed by atoms with Gasteiger partial charge >= 0.3 is 5.97 Å². The molecule has 0 fully saturated rings. The van der Waals surface area contributed by atoms with E-state index in [4.69, 9.17) is 4.74 Å². The number of benzene rings is 2. The Morgan fingerprint density at radius 3 is 2.68 bits per heavy atom. The quantitative estimate of drug-likeness (QED) is 0.706. The van der Waals surface area contributed by atoms with Gasteiger partial charge in [-0.2, -0.15) is 0 Å². The summed E-state index contributed by atoms with van der Waals surface area (Å²) in [5.74, 6) is -0.728. The number of hydrogen-bond donors (Lipinski definition) is 1. The molecule has 0 aliphatic rings. The molecule has 3 rings (SSSR count). The van der Waals surface area contributed by atoms with Crippen LogP contribution in [0, 0.1) is 13.8 Å². The van der Waals surface area contributed by atoms with E-state index in [0.717, 1.165) is 26.8 Å². The molecule has 0 saturated heterocycles. The highest BCUT2D eigenvalue weighted by Crippen LogP contribution is 2.26. The lowest BCUT2D eigenvalue weighted by atomic mass is 10.1. The number of nitrogens with one attached hydrogen (secondary N) is 1. The number of fused-ring (bicyclic) bond motifs is 1. The maximum atomic E-state index is 12.1. The van der Waals surface area contributed by atoms with Gasteiger partial charge in [0.1, 0.15) is 13.2 Å². The number of hydrogen-bond acceptors (Lipinski definition) is 4. The van der Waals surface area contributed by atoms with E-state index in [1.807, 2.05) is 55.6 Å². The van der Waals surface area contributed by atoms with Crippen LogP contribution >= 0.6 is 11.3 Å². The minimum absolute atomic E-state index is 0.145. The highest BCUT2D eigenvalue weighted by atomic mass is 32.1. The first kappa shape index (κ1) is 17.2. The molecule has 4 nitrogen and oxygen atoms in total. The lowest BCUT2D eigenvalue weighted by Crippen LogP contribution is -2.30. The minimum Gasteiger partial charge on any atom is -0.459 e. The van der Waals surface area contributed by atoms with Gasteiger partial charge in [-0.1, -0.05) is 24.3 Å². The zero-order chi connectivity index (χ0) is 17.8. The van der Waals surface area contributed by atoms with Crippen LogP contribution in [0.2, 0.25) is 0 Å². The predicted molar refractivity (Wildman–Crippen MR) is 99.9 cm³/mol. The summed E-state index contributed by atoms with van der Waals surface area (Å²) in [7, 11) is 0. The average molecular weight is 353 g/mol. The van der Waals surface area contributed by atoms with Crippen molar-refractivity contribution in [1.82, 2.24) is 5.32 Å². The zero-order valence-electron chi connectivity index (χ0n) is 14.2. The summed E-state index contributed by atoms with van der Waals surface area (Å²) in [5.41, 5.74) is 3.69. The van der Waals surface area contributed by atoms with Crippen molar-refractivity contribution in [3.8, 4) is 0 Å². The molecular weight excluding hydrogens is 334 g/mol. The van der Waals surface area contributed by atoms with Crippen LogP contribution in [-0.4, -0.2) is 18.4 Å². The third-order valence-corrected chi connectivity index (χ3v) is 5.12. The molecule has 0 spiro atoms. The number of esters is 1. The summed E-state index contributed by atoms with van der Waals surface area (Å²) in [6.45, 7) is 4.00. The van der Waals surface area contributed by atoms with Gasteiger partial charge in [-0.05, 0) is 53.9 Å². The standard InChI is InChI=1S/C20H19NO3S/c1-13-7-8-15(9-14(13)2)20(23)21-10-19(22)24-11-16-12-25-18-6-4-3-5-17(16)18/h3-9,12H,10-11H2,1-2H3,(H,21,23). The molecule has 0 saturated carbocycles. The van der Waals surface area contributed by atoms with Gasteiger partial charge in [0.2, 0.25) is 0 Å². The molecule has 0 aliphatic carbocycles. The fourth-order valence-electron chi connectivity index (χ4n) is 2.49. The molecule has 128 valence electrons. The fourth-order valence-corrected chi connectivity index (χ4v) is 3.44. The second kappa shape index (κ2) is 7.49. The number of carbonyl (C=O) groups excluding carboxylic acids is 2. The highest BCUT2D eigenvalue weighted by Gasteiger charge is 2.11. The molecular formula is C20H19NO3S. The van der Waals surface area contributed by atoms with Crippen molar-refractivity contribution in [3.05, 3.63) is 70.1 Å². The number of aryl methyl sites for hydroxylation is 2. The summed E-state index contributed by atoms with van der Waals surface area (Å²) in [5, 5.41) is 5.69. The maximum Gasteiger partial charge on any atom is 0.325 e. The summed E-state index contributed by atoms with van der Waals surface area (Å²) in [4.78, 5) is 24.0. The van der Waals surface area contributed by atoms with Gasteiger partial charge in [-0.15, -0.1) is 11.3 Å². The van der Waals surface area contributed by atoms with Crippen LogP contribution in [0.1, 0.15) is 27.0 Å². The number of ether oxygens (including phenoxy) is 1. The molecule has 0 bridgehead atoms. The van der Waals surface area contributed by atoms with Crippen LogP contribution in [0.25, 0.3) is 10.1 Å². The molecule has 1 amide bonds. The Balaban J connectivity index is 1.52. The molecule has 5 heteroatoms. The van der Waals surface area contributed by atoms with Gasteiger partial charge in [0.15, 0.2) is 0 Å². The second-order valence-electron chi connectivity index (χ2n) is 5.90. The van der Waals surface area contributed by atoms with E-state index >= 15 is 0 Å². The van der Waals surface area contributed by atoms with Crippen molar-refractivity contribution >= 4 is 33.3 Å². The van der Waals surface area contributed by atoms with Gasteiger partial charge in [0, 0.05) is 15.8 Å². The predicted octanol–water partition coefficient (Wildman–Crippen LogP) is 3.99. The van der Waals surface area contributed by atoms with Crippen LogP contribution in [0.5, 0.6) is 0 Å². The third-order valence-electron chi connectivity index (χ3n) is 4.11. The van der Waals surface area contributed by atoms with E-state index in [2.05, 4.69) is 5.32 Å². The first-order chi connectivity index (χ1) is 12.0. The van der Waals surface area contributed by atoms with Crippen molar-refractivity contribution in [2.75, 3.05) is 6.54 Å². The van der Waals surface area contributed by atoms with Crippen LogP contribution in [0.15, 0.2) is 47.8 Å². The van der Waals surface area contributed by atoms with Gasteiger partial charge in [0.25, 0.3) is 5.91 Å². The van der Waals surface area contributed by atoms with E-state index in [1.54, 1.807) is 17.4 Å². The Hall–Kier alpha value is -2.66. The molecule has 2 aromatic carbocycles. The Bertz CT molecular complexity index is 930. The average Bonchev–Trinajstić information content (AvgIpc) is 3.03. The number of carbonyl (C=O) groups is 2. The van der Waals surface area contributed by atoms with Gasteiger partial charge in [0.05, 0.1) is 0 Å². The zero-order valence-corrected chi connectivity index (χ0v) is 15.0. The summed E-state index contributed by atoms with van der Waals surface area (Å²) < 4.78 is 6.44. The maximum absolute atomic E-state index is 12.1. The Morgan fingerprint density at radius 1 is 1.08 bits per heavy atom. The Morgan fingerprint density at radius 2 is 1.88 bits per heavy atom. The van der Waals surface area contributed by atoms with Crippen molar-refractivity contribution in [1.29, 1.82) is 0 Å². The first-order valence-corrected chi connectivity index (χ1v) is 8.89. The Labute approximate surface area is 150 Å². The molecule has 0 atom stereocenters. The minimum atomic E-state index is -0.451. The molecule has 3 aromatic rings. The monoisotopic (exact) mass is 353 g/mol. The largest absolute Gasteiger partial charge is 0.459 e. The fraction of sp³-hybridized carbons (Fsp3) is 0.200. The topological polar surface area (TPSA) is 55.4 Å². The lowest BCUT2D eigenvalue weighted by Gasteiger charge is -2.08.